The van der Waals surface area contributed by atoms with Crippen molar-refractivity contribution in [3.8, 4) is 0 Å². The third-order valence-corrected chi connectivity index (χ3v) is 5.86. The van der Waals surface area contributed by atoms with Crippen LogP contribution in [0.15, 0.2) is 48.5 Å². The van der Waals surface area contributed by atoms with E-state index in [0.29, 0.717) is 6.42 Å². The molecule has 0 atom stereocenters. The molecule has 1 aromatic heterocycles. The maximum Gasteiger partial charge on any atom is 0.223 e. The second-order valence-electron chi connectivity index (χ2n) is 6.86. The number of nitrogens with zero attached hydrogens (tertiary/aromatic N) is 3. The van der Waals surface area contributed by atoms with Crippen LogP contribution >= 0.6 is 11.5 Å². The molecular formula is C21H23N3OS. The average Bonchev–Trinajstić information content (AvgIpc) is 3.11. The Morgan fingerprint density at radius 2 is 1.77 bits per heavy atom. The van der Waals surface area contributed by atoms with Gasteiger partial charge in [-0.25, -0.2) is 0 Å². The molecule has 4 nitrogen and oxygen atoms in total. The fraction of sp³-hybridized carbons (Fsp3) is 0.333. The van der Waals surface area contributed by atoms with Gasteiger partial charge in [0.2, 0.25) is 5.91 Å². The first kappa shape index (κ1) is 17.0. The highest BCUT2D eigenvalue weighted by Gasteiger charge is 2.23. The minimum atomic E-state index is 0.258. The van der Waals surface area contributed by atoms with Crippen LogP contribution in [-0.4, -0.2) is 41.4 Å². The molecule has 0 unspecified atom stereocenters. The van der Waals surface area contributed by atoms with Crippen molar-refractivity contribution in [3.63, 3.8) is 0 Å². The summed E-state index contributed by atoms with van der Waals surface area (Å²) in [6, 6.07) is 16.8. The van der Waals surface area contributed by atoms with Gasteiger partial charge in [-0.1, -0.05) is 42.0 Å². The lowest BCUT2D eigenvalue weighted by atomic mass is 10.1. The third kappa shape index (κ3) is 3.58. The van der Waals surface area contributed by atoms with Crippen molar-refractivity contribution in [2.45, 2.75) is 19.8 Å². The molecule has 0 saturated carbocycles. The molecule has 4 rings (SSSR count). The Morgan fingerprint density at radius 3 is 2.54 bits per heavy atom. The molecular weight excluding hydrogens is 342 g/mol. The lowest BCUT2D eigenvalue weighted by Crippen LogP contribution is -2.49. The van der Waals surface area contributed by atoms with Gasteiger partial charge in [0.1, 0.15) is 5.82 Å². The number of aryl methyl sites for hydroxylation is 2. The van der Waals surface area contributed by atoms with Crippen molar-refractivity contribution < 1.29 is 4.79 Å². The Bertz CT molecular complexity index is 895. The first-order valence-electron chi connectivity index (χ1n) is 9.13. The van der Waals surface area contributed by atoms with E-state index in [2.05, 4.69) is 64.7 Å². The number of benzene rings is 2. The Balaban J connectivity index is 1.33. The fourth-order valence-electron chi connectivity index (χ4n) is 3.43. The lowest BCUT2D eigenvalue weighted by Gasteiger charge is -2.35. The van der Waals surface area contributed by atoms with Crippen LogP contribution in [0.2, 0.25) is 0 Å². The summed E-state index contributed by atoms with van der Waals surface area (Å²) in [4.78, 5) is 16.8. The van der Waals surface area contributed by atoms with E-state index >= 15 is 0 Å². The largest absolute Gasteiger partial charge is 0.352 e. The number of piperazine rings is 1. The molecule has 134 valence electrons. The molecule has 3 aromatic rings. The number of carbonyl (C=O) groups is 1. The summed E-state index contributed by atoms with van der Waals surface area (Å²) < 4.78 is 5.86. The van der Waals surface area contributed by atoms with Gasteiger partial charge >= 0.3 is 0 Å². The smallest absolute Gasteiger partial charge is 0.223 e. The van der Waals surface area contributed by atoms with Crippen LogP contribution in [0.25, 0.3) is 10.1 Å². The number of hydrogen-bond donors (Lipinski definition) is 0. The van der Waals surface area contributed by atoms with Crippen molar-refractivity contribution in [2.24, 2.45) is 0 Å². The van der Waals surface area contributed by atoms with Crippen LogP contribution < -0.4 is 4.90 Å². The Labute approximate surface area is 158 Å². The van der Waals surface area contributed by atoms with Crippen LogP contribution in [0, 0.1) is 6.92 Å². The van der Waals surface area contributed by atoms with E-state index in [0.717, 1.165) is 38.4 Å². The van der Waals surface area contributed by atoms with Crippen LogP contribution in [0.4, 0.5) is 5.82 Å². The van der Waals surface area contributed by atoms with Gasteiger partial charge in [0.15, 0.2) is 0 Å². The Hall–Kier alpha value is -2.40. The summed E-state index contributed by atoms with van der Waals surface area (Å²) in [6.07, 6.45) is 1.40. The van der Waals surface area contributed by atoms with E-state index in [9.17, 15) is 4.79 Å². The van der Waals surface area contributed by atoms with Crippen molar-refractivity contribution in [1.82, 2.24) is 9.27 Å². The monoisotopic (exact) mass is 365 g/mol. The molecule has 1 amide bonds. The van der Waals surface area contributed by atoms with Crippen LogP contribution in [-0.2, 0) is 11.2 Å². The molecule has 0 spiro atoms. The van der Waals surface area contributed by atoms with E-state index in [1.165, 1.54) is 21.2 Å². The molecule has 0 aliphatic carbocycles. The van der Waals surface area contributed by atoms with E-state index < -0.39 is 0 Å². The molecule has 1 aliphatic rings. The number of fused-ring (bicyclic) bond motifs is 1. The number of hydrogen-bond acceptors (Lipinski definition) is 4. The first-order chi connectivity index (χ1) is 12.7. The van der Waals surface area contributed by atoms with E-state index in [-0.39, 0.29) is 5.91 Å². The SMILES string of the molecule is Cc1ccc(CCC(=O)N2CCN(c3nsc4ccccc34)CC2)cc1. The highest BCUT2D eigenvalue weighted by molar-refractivity contribution is 7.13. The van der Waals surface area contributed by atoms with Crippen LogP contribution in [0.1, 0.15) is 17.5 Å². The van der Waals surface area contributed by atoms with Gasteiger partial charge in [-0.2, -0.15) is 4.37 Å². The number of anilines is 1. The minimum Gasteiger partial charge on any atom is -0.352 e. The summed E-state index contributed by atoms with van der Waals surface area (Å²) in [7, 11) is 0. The van der Waals surface area contributed by atoms with Crippen molar-refractivity contribution >= 4 is 33.3 Å². The zero-order valence-electron chi connectivity index (χ0n) is 15.0. The Kier molecular flexibility index (Phi) is 4.89. The highest BCUT2D eigenvalue weighted by Crippen LogP contribution is 2.29. The predicted molar refractivity (Wildman–Crippen MR) is 108 cm³/mol. The predicted octanol–water partition coefficient (Wildman–Crippen LogP) is 3.89. The molecule has 0 radical (unpaired) electrons. The normalized spacial score (nSPS) is 14.8. The van der Waals surface area contributed by atoms with Gasteiger partial charge in [0, 0.05) is 38.0 Å². The summed E-state index contributed by atoms with van der Waals surface area (Å²) >= 11 is 1.55. The summed E-state index contributed by atoms with van der Waals surface area (Å²) in [5.74, 6) is 1.32. The van der Waals surface area contributed by atoms with Gasteiger partial charge in [0.25, 0.3) is 0 Å². The quantitative estimate of drug-likeness (QED) is 0.704. The zero-order valence-corrected chi connectivity index (χ0v) is 15.8. The van der Waals surface area contributed by atoms with Crippen LogP contribution in [0.5, 0.6) is 0 Å². The fourth-order valence-corrected chi connectivity index (χ4v) is 4.23. The molecule has 0 N–H and O–H groups in total. The molecule has 26 heavy (non-hydrogen) atoms. The highest BCUT2D eigenvalue weighted by atomic mass is 32.1. The number of carbonyl (C=O) groups excluding carboxylic acids is 1. The Morgan fingerprint density at radius 1 is 1.04 bits per heavy atom. The lowest BCUT2D eigenvalue weighted by molar-refractivity contribution is -0.131. The maximum atomic E-state index is 12.5. The molecule has 1 saturated heterocycles. The minimum absolute atomic E-state index is 0.258. The first-order valence-corrected chi connectivity index (χ1v) is 9.91. The number of aromatic nitrogens is 1. The number of rotatable bonds is 4. The molecule has 0 bridgehead atoms. The average molecular weight is 366 g/mol. The molecule has 1 aliphatic heterocycles. The maximum absolute atomic E-state index is 12.5. The van der Waals surface area contributed by atoms with Gasteiger partial charge in [0.05, 0.1) is 4.70 Å². The molecule has 1 fully saturated rings. The molecule has 5 heteroatoms. The van der Waals surface area contributed by atoms with Gasteiger partial charge in [-0.05, 0) is 42.6 Å². The standard InChI is InChI=1S/C21H23N3OS/c1-16-6-8-17(9-7-16)10-11-20(25)23-12-14-24(15-13-23)21-18-4-2-3-5-19(18)26-22-21/h2-9H,10-15H2,1H3. The van der Waals surface area contributed by atoms with Gasteiger partial charge in [-0.3, -0.25) is 4.79 Å². The van der Waals surface area contributed by atoms with Crippen molar-refractivity contribution in [3.05, 3.63) is 59.7 Å². The van der Waals surface area contributed by atoms with Gasteiger partial charge < -0.3 is 9.80 Å². The second-order valence-corrected chi connectivity index (χ2v) is 7.66. The second kappa shape index (κ2) is 7.46. The van der Waals surface area contributed by atoms with Crippen LogP contribution in [0.3, 0.4) is 0 Å². The molecule has 2 heterocycles. The van der Waals surface area contributed by atoms with E-state index in [1.807, 2.05) is 4.90 Å². The van der Waals surface area contributed by atoms with Crippen molar-refractivity contribution in [2.75, 3.05) is 31.1 Å². The third-order valence-electron chi connectivity index (χ3n) is 5.04. The van der Waals surface area contributed by atoms with Crippen molar-refractivity contribution in [1.29, 1.82) is 0 Å². The summed E-state index contributed by atoms with van der Waals surface area (Å²) in [6.45, 7) is 5.34. The van der Waals surface area contributed by atoms with E-state index in [1.54, 1.807) is 11.5 Å². The summed E-state index contributed by atoms with van der Waals surface area (Å²) in [5.41, 5.74) is 2.49. The number of amides is 1. The summed E-state index contributed by atoms with van der Waals surface area (Å²) in [5, 5.41) is 1.22. The van der Waals surface area contributed by atoms with E-state index in [4.69, 9.17) is 0 Å². The topological polar surface area (TPSA) is 36.4 Å². The zero-order chi connectivity index (χ0) is 17.9. The van der Waals surface area contributed by atoms with Gasteiger partial charge in [-0.15, -0.1) is 0 Å². The molecule has 2 aromatic carbocycles.